The van der Waals surface area contributed by atoms with Crippen LogP contribution in [0.3, 0.4) is 0 Å². The third-order valence-corrected chi connectivity index (χ3v) is 13.3. The molecule has 0 aromatic heterocycles. The predicted octanol–water partition coefficient (Wildman–Crippen LogP) is 5.49. The van der Waals surface area contributed by atoms with Gasteiger partial charge in [-0.3, -0.25) is 9.59 Å². The fraction of sp³-hybridized carbons (Fsp3) is 0.854. The molecule has 11 heteroatoms. The zero-order chi connectivity index (χ0) is 37.3. The molecule has 4 fully saturated rings. The maximum Gasteiger partial charge on any atom is 0.306 e. The van der Waals surface area contributed by atoms with Gasteiger partial charge in [0, 0.05) is 39.2 Å². The maximum atomic E-state index is 14.7. The minimum Gasteiger partial charge on any atom is -0.462 e. The van der Waals surface area contributed by atoms with Gasteiger partial charge in [0.2, 0.25) is 0 Å². The summed E-state index contributed by atoms with van der Waals surface area (Å²) in [6.45, 7) is 8.17. The molecular formula is C41H65NO10. The molecule has 1 saturated carbocycles. The highest BCUT2D eigenvalue weighted by Crippen LogP contribution is 2.54. The average molecular weight is 732 g/mol. The number of cyclic esters (lactones) is 1. The summed E-state index contributed by atoms with van der Waals surface area (Å²) < 4.78 is 49.5. The molecule has 9 unspecified atom stereocenters. The summed E-state index contributed by atoms with van der Waals surface area (Å²) in [7, 11) is 9.15. The number of rotatable bonds is 9. The lowest BCUT2D eigenvalue weighted by Crippen LogP contribution is -2.59. The number of esters is 1. The van der Waals surface area contributed by atoms with E-state index in [1.165, 1.54) is 0 Å². The van der Waals surface area contributed by atoms with E-state index < -0.39 is 12.4 Å². The first-order valence-electron chi connectivity index (χ1n) is 20.0. The highest BCUT2D eigenvalue weighted by molar-refractivity contribution is 5.99. The number of ketones is 1. The number of carbonyl (C=O) groups is 2. The van der Waals surface area contributed by atoms with E-state index in [1.54, 1.807) is 21.3 Å². The van der Waals surface area contributed by atoms with Crippen LogP contribution in [-0.2, 0) is 47.5 Å². The molecule has 294 valence electrons. The first kappa shape index (κ1) is 40.0. The van der Waals surface area contributed by atoms with Gasteiger partial charge < -0.3 is 42.8 Å². The SMILES string of the molecule is CCC1CCC[C@H](OC2CCC(N(C)C)C(C)O2)[C@@H](C)C(=O)C2=C[C@@H]3[C@@H](C=C[C@@H]4C[C@@H](OC5OC(C)C(OC)C(OC)C5OC)C[C@@H]34)[C@@H]2CC(=O)O1. The van der Waals surface area contributed by atoms with E-state index in [-0.39, 0.29) is 96.8 Å². The molecule has 6 rings (SSSR count). The Labute approximate surface area is 311 Å². The van der Waals surface area contributed by atoms with Crippen LogP contribution in [0.15, 0.2) is 23.8 Å². The highest BCUT2D eigenvalue weighted by Gasteiger charge is 2.52. The average Bonchev–Trinajstić information content (AvgIpc) is 3.70. The number of allylic oxidation sites excluding steroid dienone is 4. The maximum absolute atomic E-state index is 14.7. The third kappa shape index (κ3) is 8.27. The van der Waals surface area contributed by atoms with E-state index >= 15 is 0 Å². The Morgan fingerprint density at radius 2 is 1.58 bits per heavy atom. The Balaban J connectivity index is 1.20. The second-order valence-corrected chi connectivity index (χ2v) is 16.5. The first-order chi connectivity index (χ1) is 25.0. The lowest BCUT2D eigenvalue weighted by molar-refractivity contribution is -0.314. The second kappa shape index (κ2) is 17.4. The summed E-state index contributed by atoms with van der Waals surface area (Å²) in [5, 5.41) is 0. The summed E-state index contributed by atoms with van der Waals surface area (Å²) in [6.07, 6.45) is 10.8. The largest absolute Gasteiger partial charge is 0.462 e. The van der Waals surface area contributed by atoms with Crippen molar-refractivity contribution in [3.8, 4) is 0 Å². The molecule has 3 aliphatic carbocycles. The van der Waals surface area contributed by atoms with E-state index in [0.717, 1.165) is 50.5 Å². The van der Waals surface area contributed by atoms with Gasteiger partial charge in [-0.2, -0.15) is 0 Å². The van der Waals surface area contributed by atoms with E-state index in [9.17, 15) is 9.59 Å². The van der Waals surface area contributed by atoms with Crippen LogP contribution in [-0.4, -0.2) is 120 Å². The number of Topliss-reactive ketones (excluding diaryl/α,β-unsaturated/α-hetero) is 1. The van der Waals surface area contributed by atoms with Crippen molar-refractivity contribution in [1.82, 2.24) is 4.90 Å². The summed E-state index contributed by atoms with van der Waals surface area (Å²) >= 11 is 0. The van der Waals surface area contributed by atoms with Gasteiger partial charge in [0.1, 0.15) is 24.4 Å². The molecule has 11 nitrogen and oxygen atoms in total. The number of nitrogens with zero attached hydrogens (tertiary/aromatic N) is 1. The van der Waals surface area contributed by atoms with Crippen LogP contribution in [0.2, 0.25) is 0 Å². The fourth-order valence-electron chi connectivity index (χ4n) is 10.4. The topological polar surface area (TPSA) is 111 Å². The summed E-state index contributed by atoms with van der Waals surface area (Å²) in [5.74, 6) is 0.0198. The van der Waals surface area contributed by atoms with Crippen LogP contribution in [0.4, 0.5) is 0 Å². The molecule has 0 spiro atoms. The van der Waals surface area contributed by atoms with Crippen LogP contribution < -0.4 is 0 Å². The zero-order valence-electron chi connectivity index (χ0n) is 32.9. The lowest BCUT2D eigenvalue weighted by Gasteiger charge is -2.44. The van der Waals surface area contributed by atoms with E-state index in [2.05, 4.69) is 51.1 Å². The Hall–Kier alpha value is -1.70. The van der Waals surface area contributed by atoms with Crippen LogP contribution in [0, 0.1) is 35.5 Å². The van der Waals surface area contributed by atoms with E-state index in [1.807, 2.05) is 13.8 Å². The van der Waals surface area contributed by atoms with Crippen molar-refractivity contribution in [2.45, 2.75) is 153 Å². The molecule has 3 aliphatic heterocycles. The van der Waals surface area contributed by atoms with Crippen molar-refractivity contribution in [2.75, 3.05) is 35.4 Å². The van der Waals surface area contributed by atoms with Gasteiger partial charge in [0.15, 0.2) is 18.4 Å². The molecule has 0 aromatic rings. The van der Waals surface area contributed by atoms with Crippen molar-refractivity contribution in [2.24, 2.45) is 35.5 Å². The van der Waals surface area contributed by atoms with Crippen LogP contribution >= 0.6 is 0 Å². The molecule has 17 atom stereocenters. The fourth-order valence-corrected chi connectivity index (χ4v) is 10.4. The van der Waals surface area contributed by atoms with Gasteiger partial charge in [-0.1, -0.05) is 32.1 Å². The molecule has 0 amide bonds. The summed E-state index contributed by atoms with van der Waals surface area (Å²) in [6, 6.07) is 0.339. The standard InChI is InChI=1S/C41H65NO10/c1-10-26-12-11-13-34(52-36-17-16-33(42(5)6)23(3)48-36)22(2)37(44)32-20-30-28(31(32)21-35(43)50-26)15-14-25-18-27(19-29(25)30)51-41-40(47-9)39(46-8)38(45-7)24(4)49-41/h14-15,20,22-31,33-34,36,38-41H,10-13,16-19,21H2,1-9H3/t22-,23?,24?,25-,26?,27-,28-,29-,30-,31+,33?,34+,36?,38?,39?,40?,41?/m1/s1. The number of carbonyl (C=O) groups excluding carboxylic acids is 2. The molecule has 3 heterocycles. The van der Waals surface area contributed by atoms with E-state index in [4.69, 9.17) is 37.9 Å². The van der Waals surface area contributed by atoms with Gasteiger partial charge in [-0.05, 0) is 109 Å². The van der Waals surface area contributed by atoms with Crippen LogP contribution in [0.1, 0.15) is 85.5 Å². The van der Waals surface area contributed by atoms with E-state index in [0.29, 0.717) is 18.4 Å². The van der Waals surface area contributed by atoms with Crippen molar-refractivity contribution in [1.29, 1.82) is 0 Å². The number of likely N-dealkylation sites (N-methyl/N-ethyl adjacent to an activating group) is 1. The predicted molar refractivity (Wildman–Crippen MR) is 194 cm³/mol. The highest BCUT2D eigenvalue weighted by atomic mass is 16.7. The van der Waals surface area contributed by atoms with Gasteiger partial charge in [-0.25, -0.2) is 0 Å². The van der Waals surface area contributed by atoms with Crippen LogP contribution in [0.5, 0.6) is 0 Å². The van der Waals surface area contributed by atoms with Crippen molar-refractivity contribution in [3.05, 3.63) is 23.8 Å². The number of fused-ring (bicyclic) bond motifs is 5. The molecule has 3 saturated heterocycles. The van der Waals surface area contributed by atoms with Crippen molar-refractivity contribution >= 4 is 11.8 Å². The second-order valence-electron chi connectivity index (χ2n) is 16.5. The van der Waals surface area contributed by atoms with Gasteiger partial charge >= 0.3 is 5.97 Å². The number of ether oxygens (including phenoxy) is 8. The smallest absolute Gasteiger partial charge is 0.306 e. The number of methoxy groups -OCH3 is 3. The molecule has 0 bridgehead atoms. The van der Waals surface area contributed by atoms with Gasteiger partial charge in [-0.15, -0.1) is 0 Å². The Morgan fingerprint density at radius 1 is 0.827 bits per heavy atom. The minimum atomic E-state index is -0.594. The molecule has 0 N–H and O–H groups in total. The Bertz CT molecular complexity index is 1290. The van der Waals surface area contributed by atoms with Gasteiger partial charge in [0.25, 0.3) is 0 Å². The van der Waals surface area contributed by atoms with Crippen LogP contribution in [0.25, 0.3) is 0 Å². The Morgan fingerprint density at radius 3 is 2.25 bits per heavy atom. The minimum absolute atomic E-state index is 0.0380. The molecular weight excluding hydrogens is 666 g/mol. The first-order valence-corrected chi connectivity index (χ1v) is 20.0. The molecule has 6 aliphatic rings. The summed E-state index contributed by atoms with van der Waals surface area (Å²) in [4.78, 5) is 30.4. The quantitative estimate of drug-likeness (QED) is 0.222. The molecule has 0 aromatic carbocycles. The van der Waals surface area contributed by atoms with Crippen molar-refractivity contribution in [3.63, 3.8) is 0 Å². The molecule has 0 radical (unpaired) electrons. The third-order valence-electron chi connectivity index (χ3n) is 13.3. The van der Waals surface area contributed by atoms with Gasteiger partial charge in [0.05, 0.1) is 30.8 Å². The normalized spacial score (nSPS) is 45.7. The molecule has 52 heavy (non-hydrogen) atoms. The number of hydrogen-bond acceptors (Lipinski definition) is 11. The monoisotopic (exact) mass is 731 g/mol. The van der Waals surface area contributed by atoms with Crippen molar-refractivity contribution < 1.29 is 47.5 Å². The summed E-state index contributed by atoms with van der Waals surface area (Å²) in [5.41, 5.74) is 0.763. The lowest BCUT2D eigenvalue weighted by atomic mass is 9.70. The zero-order valence-corrected chi connectivity index (χ0v) is 32.9. The Kier molecular flexibility index (Phi) is 13.4. The number of hydrogen-bond donors (Lipinski definition) is 0.